The third-order valence-corrected chi connectivity index (χ3v) is 4.33. The van der Waals surface area contributed by atoms with Crippen LogP contribution in [-0.2, 0) is 0 Å². The molecule has 0 atom stereocenters. The molecule has 0 saturated heterocycles. The van der Waals surface area contributed by atoms with Crippen molar-refractivity contribution in [3.05, 3.63) is 40.3 Å². The van der Waals surface area contributed by atoms with Gasteiger partial charge >= 0.3 is 5.69 Å². The van der Waals surface area contributed by atoms with Gasteiger partial charge in [0, 0.05) is 10.9 Å². The smallest absolute Gasteiger partial charge is 0.323 e. The van der Waals surface area contributed by atoms with Gasteiger partial charge in [-0.25, -0.2) is 4.79 Å². The van der Waals surface area contributed by atoms with Crippen molar-refractivity contribution in [2.75, 3.05) is 6.61 Å². The second kappa shape index (κ2) is 6.01. The monoisotopic (exact) mass is 352 g/mol. The number of nitrogens with one attached hydrogen (secondary N) is 2. The molecule has 0 bridgehead atoms. The first-order chi connectivity index (χ1) is 12.4. The first-order valence-corrected chi connectivity index (χ1v) is 8.55. The summed E-state index contributed by atoms with van der Waals surface area (Å²) in [6, 6.07) is 3.89. The third kappa shape index (κ3) is 2.65. The average molecular weight is 352 g/mol. The highest BCUT2D eigenvalue weighted by atomic mass is 16.5. The SMILES string of the molecule is Cc1noc(C)c1-c1cc2ncc3[nH]c(=O)[nH]c3c2cc1OCC(C)C. The molecule has 1 aromatic carbocycles. The Morgan fingerprint density at radius 1 is 1.23 bits per heavy atom. The van der Waals surface area contributed by atoms with Crippen LogP contribution in [0.4, 0.5) is 0 Å². The van der Waals surface area contributed by atoms with Gasteiger partial charge in [-0.15, -0.1) is 0 Å². The summed E-state index contributed by atoms with van der Waals surface area (Å²) in [5.74, 6) is 1.83. The Morgan fingerprint density at radius 2 is 2.04 bits per heavy atom. The molecular weight excluding hydrogens is 332 g/mol. The molecule has 0 radical (unpaired) electrons. The molecule has 0 saturated carbocycles. The normalized spacial score (nSPS) is 11.7. The van der Waals surface area contributed by atoms with Gasteiger partial charge in [0.1, 0.15) is 11.5 Å². The fourth-order valence-electron chi connectivity index (χ4n) is 3.15. The fraction of sp³-hybridized carbons (Fsp3) is 0.316. The maximum Gasteiger partial charge on any atom is 0.323 e. The molecule has 3 heterocycles. The topological polar surface area (TPSA) is 96.8 Å². The molecule has 0 fully saturated rings. The van der Waals surface area contributed by atoms with Crippen molar-refractivity contribution in [3.63, 3.8) is 0 Å². The molecule has 7 heteroatoms. The van der Waals surface area contributed by atoms with Gasteiger partial charge in [0.15, 0.2) is 0 Å². The summed E-state index contributed by atoms with van der Waals surface area (Å²) in [5.41, 5.74) is 4.50. The van der Waals surface area contributed by atoms with Crippen LogP contribution >= 0.6 is 0 Å². The largest absolute Gasteiger partial charge is 0.493 e. The van der Waals surface area contributed by atoms with Crippen LogP contribution < -0.4 is 10.4 Å². The van der Waals surface area contributed by atoms with Gasteiger partial charge < -0.3 is 19.2 Å². The van der Waals surface area contributed by atoms with Gasteiger partial charge in [-0.3, -0.25) is 4.98 Å². The number of hydrogen-bond donors (Lipinski definition) is 2. The van der Waals surface area contributed by atoms with E-state index in [0.29, 0.717) is 18.0 Å². The van der Waals surface area contributed by atoms with Crippen LogP contribution in [0.15, 0.2) is 27.6 Å². The molecule has 0 spiro atoms. The van der Waals surface area contributed by atoms with Crippen molar-refractivity contribution in [1.29, 1.82) is 0 Å². The first kappa shape index (κ1) is 16.4. The predicted molar refractivity (Wildman–Crippen MR) is 99.5 cm³/mol. The van der Waals surface area contributed by atoms with E-state index in [0.717, 1.165) is 44.8 Å². The van der Waals surface area contributed by atoms with Crippen LogP contribution in [-0.4, -0.2) is 26.7 Å². The van der Waals surface area contributed by atoms with Crippen LogP contribution in [0.5, 0.6) is 5.75 Å². The van der Waals surface area contributed by atoms with E-state index in [1.165, 1.54) is 0 Å². The van der Waals surface area contributed by atoms with Gasteiger partial charge in [0.2, 0.25) is 0 Å². The number of imidazole rings is 1. The zero-order chi connectivity index (χ0) is 18.4. The maximum absolute atomic E-state index is 11.7. The summed E-state index contributed by atoms with van der Waals surface area (Å²) in [6.45, 7) is 8.56. The third-order valence-electron chi connectivity index (χ3n) is 4.33. The van der Waals surface area contributed by atoms with Crippen LogP contribution in [0, 0.1) is 19.8 Å². The highest BCUT2D eigenvalue weighted by Gasteiger charge is 2.19. The molecule has 134 valence electrons. The number of H-pyrrole nitrogens is 2. The second-order valence-corrected chi connectivity index (χ2v) is 6.90. The van der Waals surface area contributed by atoms with Crippen LogP contribution in [0.1, 0.15) is 25.3 Å². The minimum atomic E-state index is -0.256. The Morgan fingerprint density at radius 3 is 2.73 bits per heavy atom. The van der Waals surface area contributed by atoms with Crippen molar-refractivity contribution in [1.82, 2.24) is 20.1 Å². The van der Waals surface area contributed by atoms with E-state index in [9.17, 15) is 4.79 Å². The number of benzene rings is 1. The Hall–Kier alpha value is -3.09. The number of aryl methyl sites for hydroxylation is 2. The summed E-state index contributed by atoms with van der Waals surface area (Å²) in [5, 5.41) is 4.89. The molecule has 0 amide bonds. The van der Waals surface area contributed by atoms with Gasteiger partial charge in [-0.2, -0.15) is 0 Å². The number of aromatic amines is 2. The lowest BCUT2D eigenvalue weighted by atomic mass is 10.0. The van der Waals surface area contributed by atoms with Crippen molar-refractivity contribution in [2.24, 2.45) is 5.92 Å². The minimum absolute atomic E-state index is 0.256. The van der Waals surface area contributed by atoms with Crippen molar-refractivity contribution >= 4 is 21.9 Å². The van der Waals surface area contributed by atoms with Crippen molar-refractivity contribution in [2.45, 2.75) is 27.7 Å². The summed E-state index contributed by atoms with van der Waals surface area (Å²) < 4.78 is 11.4. The zero-order valence-electron chi connectivity index (χ0n) is 15.1. The van der Waals surface area contributed by atoms with Crippen LogP contribution in [0.25, 0.3) is 33.1 Å². The Kier molecular flexibility index (Phi) is 3.79. The van der Waals surface area contributed by atoms with E-state index in [4.69, 9.17) is 9.26 Å². The van der Waals surface area contributed by atoms with Gasteiger partial charge in [0.05, 0.1) is 40.6 Å². The first-order valence-electron chi connectivity index (χ1n) is 8.55. The summed E-state index contributed by atoms with van der Waals surface area (Å²) in [4.78, 5) is 21.8. The number of fused-ring (bicyclic) bond motifs is 3. The number of pyridine rings is 1. The highest BCUT2D eigenvalue weighted by molar-refractivity contribution is 6.04. The predicted octanol–water partition coefficient (Wildman–Crippen LogP) is 3.71. The summed E-state index contributed by atoms with van der Waals surface area (Å²) >= 11 is 0. The Labute approximate surface area is 149 Å². The fourth-order valence-corrected chi connectivity index (χ4v) is 3.15. The zero-order valence-corrected chi connectivity index (χ0v) is 15.1. The quantitative estimate of drug-likeness (QED) is 0.583. The van der Waals surface area contributed by atoms with Crippen molar-refractivity contribution < 1.29 is 9.26 Å². The van der Waals surface area contributed by atoms with E-state index in [-0.39, 0.29) is 5.69 Å². The van der Waals surface area contributed by atoms with Crippen molar-refractivity contribution in [3.8, 4) is 16.9 Å². The highest BCUT2D eigenvalue weighted by Crippen LogP contribution is 2.38. The standard InChI is InChI=1S/C19H20N4O3/c1-9(2)8-25-16-6-12-14(20-7-15-18(12)22-19(24)21-15)5-13(16)17-10(3)23-26-11(17)4/h5-7,9H,8H2,1-4H3,(H2,21,22,24). The number of ether oxygens (including phenoxy) is 1. The molecular formula is C19H20N4O3. The lowest BCUT2D eigenvalue weighted by Gasteiger charge is -2.14. The minimum Gasteiger partial charge on any atom is -0.493 e. The van der Waals surface area contributed by atoms with E-state index in [1.54, 1.807) is 6.20 Å². The summed E-state index contributed by atoms with van der Waals surface area (Å²) in [6.07, 6.45) is 1.65. The second-order valence-electron chi connectivity index (χ2n) is 6.90. The van der Waals surface area contributed by atoms with Crippen LogP contribution in [0.2, 0.25) is 0 Å². The van der Waals surface area contributed by atoms with Gasteiger partial charge in [0.25, 0.3) is 0 Å². The Balaban J connectivity index is 2.01. The number of nitrogens with zero attached hydrogens (tertiary/aromatic N) is 2. The number of hydrogen-bond acceptors (Lipinski definition) is 5. The molecule has 0 aliphatic carbocycles. The molecule has 0 aliphatic heterocycles. The number of aromatic nitrogens is 4. The molecule has 26 heavy (non-hydrogen) atoms. The van der Waals surface area contributed by atoms with E-state index < -0.39 is 0 Å². The van der Waals surface area contributed by atoms with E-state index >= 15 is 0 Å². The molecule has 4 aromatic rings. The molecule has 0 unspecified atom stereocenters. The number of rotatable bonds is 4. The lowest BCUT2D eigenvalue weighted by molar-refractivity contribution is 0.272. The maximum atomic E-state index is 11.7. The van der Waals surface area contributed by atoms with E-state index in [2.05, 4.69) is 34.0 Å². The Bertz CT molecular complexity index is 1150. The van der Waals surface area contributed by atoms with Gasteiger partial charge in [-0.1, -0.05) is 19.0 Å². The molecule has 7 nitrogen and oxygen atoms in total. The lowest BCUT2D eigenvalue weighted by Crippen LogP contribution is -2.06. The molecule has 2 N–H and O–H groups in total. The molecule has 4 rings (SSSR count). The summed E-state index contributed by atoms with van der Waals surface area (Å²) in [7, 11) is 0. The average Bonchev–Trinajstić information content (AvgIpc) is 3.13. The molecule has 3 aromatic heterocycles. The van der Waals surface area contributed by atoms with Crippen LogP contribution in [0.3, 0.4) is 0 Å². The molecule has 0 aliphatic rings. The van der Waals surface area contributed by atoms with E-state index in [1.807, 2.05) is 26.0 Å². The van der Waals surface area contributed by atoms with Gasteiger partial charge in [-0.05, 0) is 31.9 Å².